The number of aryl methyl sites for hydroxylation is 1. The maximum Gasteiger partial charge on any atom is 0.250 e. The summed E-state index contributed by atoms with van der Waals surface area (Å²) in [4.78, 5) is 15.2. The summed E-state index contributed by atoms with van der Waals surface area (Å²) in [5.41, 5.74) is 10.9. The van der Waals surface area contributed by atoms with Gasteiger partial charge in [-0.15, -0.1) is 0 Å². The van der Waals surface area contributed by atoms with Gasteiger partial charge in [-0.25, -0.2) is 9.37 Å². The van der Waals surface area contributed by atoms with Crippen molar-refractivity contribution in [3.8, 4) is 0 Å². The van der Waals surface area contributed by atoms with Crippen LogP contribution >= 0.6 is 0 Å². The minimum Gasteiger partial charge on any atom is -0.444 e. The highest BCUT2D eigenvalue weighted by Crippen LogP contribution is 2.22. The largest absolute Gasteiger partial charge is 0.444 e. The van der Waals surface area contributed by atoms with Crippen molar-refractivity contribution in [1.29, 1.82) is 0 Å². The van der Waals surface area contributed by atoms with Crippen LogP contribution in [0.3, 0.4) is 0 Å². The molecular weight excluding hydrogens is 263 g/mol. The zero-order valence-corrected chi connectivity index (χ0v) is 10.9. The lowest BCUT2D eigenvalue weighted by molar-refractivity contribution is 0.100. The molecule has 0 atom stereocenters. The van der Waals surface area contributed by atoms with Gasteiger partial charge in [0.2, 0.25) is 5.89 Å². The number of hydrogen-bond donors (Lipinski definition) is 3. The second-order valence-electron chi connectivity index (χ2n) is 4.21. The molecule has 1 heterocycles. The minimum absolute atomic E-state index is 0.00458. The summed E-state index contributed by atoms with van der Waals surface area (Å²) in [6.45, 7) is 2.13. The second-order valence-corrected chi connectivity index (χ2v) is 4.21. The molecule has 1 amide bonds. The fourth-order valence-electron chi connectivity index (χ4n) is 1.70. The van der Waals surface area contributed by atoms with E-state index in [1.54, 1.807) is 6.20 Å². The summed E-state index contributed by atoms with van der Waals surface area (Å²) in [6, 6.07) is 2.33. The molecule has 0 saturated carbocycles. The Morgan fingerprint density at radius 2 is 2.25 bits per heavy atom. The van der Waals surface area contributed by atoms with Crippen LogP contribution in [0.1, 0.15) is 28.9 Å². The third-order valence-corrected chi connectivity index (χ3v) is 2.78. The Morgan fingerprint density at radius 1 is 1.50 bits per heavy atom. The van der Waals surface area contributed by atoms with E-state index in [0.717, 1.165) is 18.2 Å². The number of nitrogens with zero attached hydrogens (tertiary/aromatic N) is 1. The highest BCUT2D eigenvalue weighted by molar-refractivity contribution is 5.99. The molecule has 1 aromatic carbocycles. The van der Waals surface area contributed by atoms with Gasteiger partial charge < -0.3 is 21.2 Å². The molecule has 106 valence electrons. The summed E-state index contributed by atoms with van der Waals surface area (Å²) < 4.78 is 19.1. The lowest BCUT2D eigenvalue weighted by Gasteiger charge is -2.09. The lowest BCUT2D eigenvalue weighted by atomic mass is 10.1. The molecule has 0 aliphatic rings. The Balaban J connectivity index is 2.16. The minimum atomic E-state index is -0.713. The first-order chi connectivity index (χ1) is 9.51. The Bertz CT molecular complexity index is 639. The first-order valence-corrected chi connectivity index (χ1v) is 6.07. The Kier molecular flexibility index (Phi) is 3.88. The van der Waals surface area contributed by atoms with Crippen LogP contribution in [0, 0.1) is 5.82 Å². The third kappa shape index (κ3) is 2.87. The van der Waals surface area contributed by atoms with E-state index >= 15 is 0 Å². The van der Waals surface area contributed by atoms with Gasteiger partial charge in [-0.2, -0.15) is 0 Å². The normalized spacial score (nSPS) is 10.5. The molecule has 5 N–H and O–H groups in total. The van der Waals surface area contributed by atoms with Gasteiger partial charge in [-0.05, 0) is 12.1 Å². The molecule has 0 fully saturated rings. The maximum atomic E-state index is 13.7. The number of nitrogens with two attached hydrogens (primary N) is 2. The number of rotatable bonds is 5. The average molecular weight is 278 g/mol. The molecule has 0 aliphatic heterocycles. The Labute approximate surface area is 115 Å². The fraction of sp³-hybridized carbons (Fsp3) is 0.231. The van der Waals surface area contributed by atoms with E-state index in [9.17, 15) is 9.18 Å². The van der Waals surface area contributed by atoms with Crippen LogP contribution in [-0.2, 0) is 13.0 Å². The number of carbonyl (C=O) groups is 1. The molecule has 6 nitrogen and oxygen atoms in total. The SMILES string of the molecule is CCc1cnc(CNc2cc(C(N)=O)c(N)cc2F)o1. The molecule has 0 saturated heterocycles. The van der Waals surface area contributed by atoms with Crippen LogP contribution in [0.25, 0.3) is 0 Å². The van der Waals surface area contributed by atoms with Crippen molar-refractivity contribution in [2.45, 2.75) is 19.9 Å². The zero-order valence-electron chi connectivity index (χ0n) is 10.9. The van der Waals surface area contributed by atoms with Gasteiger partial charge in [-0.3, -0.25) is 4.79 Å². The second kappa shape index (κ2) is 5.60. The summed E-state index contributed by atoms with van der Waals surface area (Å²) in [5.74, 6) is -0.110. The number of anilines is 2. The predicted molar refractivity (Wildman–Crippen MR) is 72.5 cm³/mol. The van der Waals surface area contributed by atoms with E-state index in [0.29, 0.717) is 5.89 Å². The van der Waals surface area contributed by atoms with E-state index < -0.39 is 11.7 Å². The molecule has 0 aliphatic carbocycles. The van der Waals surface area contributed by atoms with Crippen LogP contribution in [0.4, 0.5) is 15.8 Å². The van der Waals surface area contributed by atoms with Crippen LogP contribution in [-0.4, -0.2) is 10.9 Å². The number of aromatic nitrogens is 1. The molecule has 1 aromatic heterocycles. The predicted octanol–water partition coefficient (Wildman–Crippen LogP) is 1.67. The first kappa shape index (κ1) is 13.9. The van der Waals surface area contributed by atoms with Crippen LogP contribution < -0.4 is 16.8 Å². The quantitative estimate of drug-likeness (QED) is 0.721. The van der Waals surface area contributed by atoms with E-state index in [2.05, 4.69) is 10.3 Å². The summed E-state index contributed by atoms with van der Waals surface area (Å²) in [5, 5.41) is 2.79. The number of primary amides is 1. The van der Waals surface area contributed by atoms with Gasteiger partial charge in [0.05, 0.1) is 24.0 Å². The van der Waals surface area contributed by atoms with Crippen molar-refractivity contribution in [2.24, 2.45) is 5.73 Å². The first-order valence-electron chi connectivity index (χ1n) is 6.07. The molecule has 2 aromatic rings. The molecule has 2 rings (SSSR count). The van der Waals surface area contributed by atoms with Crippen molar-refractivity contribution in [2.75, 3.05) is 11.1 Å². The molecular formula is C13H15FN4O2. The zero-order chi connectivity index (χ0) is 14.7. The highest BCUT2D eigenvalue weighted by Gasteiger charge is 2.12. The lowest BCUT2D eigenvalue weighted by Crippen LogP contribution is -2.15. The fourth-order valence-corrected chi connectivity index (χ4v) is 1.70. The molecule has 0 spiro atoms. The molecule has 0 bridgehead atoms. The van der Waals surface area contributed by atoms with Gasteiger partial charge in [0.15, 0.2) is 0 Å². The van der Waals surface area contributed by atoms with Crippen LogP contribution in [0.2, 0.25) is 0 Å². The van der Waals surface area contributed by atoms with E-state index in [1.807, 2.05) is 6.92 Å². The summed E-state index contributed by atoms with van der Waals surface area (Å²) >= 11 is 0. The molecule has 20 heavy (non-hydrogen) atoms. The van der Waals surface area contributed by atoms with E-state index in [1.165, 1.54) is 6.07 Å². The summed E-state index contributed by atoms with van der Waals surface area (Å²) in [7, 11) is 0. The van der Waals surface area contributed by atoms with Crippen LogP contribution in [0.15, 0.2) is 22.7 Å². The average Bonchev–Trinajstić information content (AvgIpc) is 2.85. The van der Waals surface area contributed by atoms with Gasteiger partial charge in [-0.1, -0.05) is 6.92 Å². The standard InChI is InChI=1S/C13H15FN4O2/c1-2-7-5-18-12(20-7)6-17-11-3-8(13(16)19)10(15)4-9(11)14/h3-5,17H,2,6,15H2,1H3,(H2,16,19). The molecule has 0 radical (unpaired) electrons. The van der Waals surface area contributed by atoms with Gasteiger partial charge in [0.1, 0.15) is 11.6 Å². The number of halogens is 1. The number of amides is 1. The van der Waals surface area contributed by atoms with Crippen molar-refractivity contribution in [1.82, 2.24) is 4.98 Å². The van der Waals surface area contributed by atoms with Gasteiger partial charge >= 0.3 is 0 Å². The summed E-state index contributed by atoms with van der Waals surface area (Å²) in [6.07, 6.45) is 2.35. The van der Waals surface area contributed by atoms with Crippen molar-refractivity contribution in [3.05, 3.63) is 41.4 Å². The van der Waals surface area contributed by atoms with Crippen molar-refractivity contribution < 1.29 is 13.6 Å². The number of carbonyl (C=O) groups excluding carboxylic acids is 1. The Hall–Kier alpha value is -2.57. The highest BCUT2D eigenvalue weighted by atomic mass is 19.1. The number of hydrogen-bond acceptors (Lipinski definition) is 5. The number of oxazole rings is 1. The Morgan fingerprint density at radius 3 is 2.85 bits per heavy atom. The third-order valence-electron chi connectivity index (χ3n) is 2.78. The van der Waals surface area contributed by atoms with E-state index in [4.69, 9.17) is 15.9 Å². The van der Waals surface area contributed by atoms with Gasteiger partial charge in [0.25, 0.3) is 5.91 Å². The monoisotopic (exact) mass is 278 g/mol. The van der Waals surface area contributed by atoms with Gasteiger partial charge in [0, 0.05) is 12.1 Å². The number of nitrogens with one attached hydrogen (secondary N) is 1. The van der Waals surface area contributed by atoms with Crippen LogP contribution in [0.5, 0.6) is 0 Å². The van der Waals surface area contributed by atoms with E-state index in [-0.39, 0.29) is 23.5 Å². The number of nitrogen functional groups attached to an aromatic ring is 1. The topological polar surface area (TPSA) is 107 Å². The molecule has 7 heteroatoms. The maximum absolute atomic E-state index is 13.7. The van der Waals surface area contributed by atoms with Crippen molar-refractivity contribution >= 4 is 17.3 Å². The molecule has 0 unspecified atom stereocenters. The smallest absolute Gasteiger partial charge is 0.250 e. The van der Waals surface area contributed by atoms with Crippen molar-refractivity contribution in [3.63, 3.8) is 0 Å². The number of benzene rings is 1.